The van der Waals surface area contributed by atoms with Crippen LogP contribution in [0, 0.1) is 0 Å². The van der Waals surface area contributed by atoms with Gasteiger partial charge in [0.1, 0.15) is 0 Å². The van der Waals surface area contributed by atoms with Crippen LogP contribution in [-0.4, -0.2) is 54.9 Å². The number of anilines is 2. The molecule has 6 nitrogen and oxygen atoms in total. The molecule has 1 aromatic carbocycles. The number of amides is 1. The number of carbonyl (C=O) groups excluding carboxylic acids is 1. The Balaban J connectivity index is 1.84. The van der Waals surface area contributed by atoms with Gasteiger partial charge in [-0.1, -0.05) is 11.6 Å². The van der Waals surface area contributed by atoms with Crippen LogP contribution in [0.25, 0.3) is 0 Å². The number of benzene rings is 1. The van der Waals surface area contributed by atoms with E-state index in [1.807, 2.05) is 0 Å². The SMILES string of the molecule is Nc1ccc(NC(=O)CCN2CCOCC2CO)c(Cl)c1. The third-order valence-corrected chi connectivity index (χ3v) is 3.77. The highest BCUT2D eigenvalue weighted by molar-refractivity contribution is 6.34. The van der Waals surface area contributed by atoms with E-state index < -0.39 is 0 Å². The van der Waals surface area contributed by atoms with Crippen LogP contribution in [0.1, 0.15) is 6.42 Å². The lowest BCUT2D eigenvalue weighted by molar-refractivity contribution is -0.117. The standard InChI is InChI=1S/C14H20ClN3O3/c15-12-7-10(16)1-2-13(12)17-14(20)3-4-18-5-6-21-9-11(18)8-19/h1-2,7,11,19H,3-6,8-9,16H2,(H,17,20). The maximum atomic E-state index is 12.0. The van der Waals surface area contributed by atoms with Crippen molar-refractivity contribution in [2.75, 3.05) is 44.0 Å². The number of hydrogen-bond donors (Lipinski definition) is 3. The molecule has 7 heteroatoms. The number of rotatable bonds is 5. The summed E-state index contributed by atoms with van der Waals surface area (Å²) in [6, 6.07) is 4.93. The van der Waals surface area contributed by atoms with Crippen LogP contribution in [0.15, 0.2) is 18.2 Å². The molecule has 0 aromatic heterocycles. The fraction of sp³-hybridized carbons (Fsp3) is 0.500. The lowest BCUT2D eigenvalue weighted by Crippen LogP contribution is -2.48. The molecule has 0 saturated carbocycles. The summed E-state index contributed by atoms with van der Waals surface area (Å²) in [5, 5.41) is 12.5. The minimum Gasteiger partial charge on any atom is -0.399 e. The average Bonchev–Trinajstić information content (AvgIpc) is 2.48. The summed E-state index contributed by atoms with van der Waals surface area (Å²) in [6.07, 6.45) is 0.331. The van der Waals surface area contributed by atoms with E-state index in [1.54, 1.807) is 18.2 Å². The summed E-state index contributed by atoms with van der Waals surface area (Å²) in [5.41, 5.74) is 6.71. The summed E-state index contributed by atoms with van der Waals surface area (Å²) >= 11 is 6.01. The second kappa shape index (κ2) is 7.61. The molecule has 4 N–H and O–H groups in total. The fourth-order valence-electron chi connectivity index (χ4n) is 2.24. The Labute approximate surface area is 128 Å². The van der Waals surface area contributed by atoms with E-state index in [1.165, 1.54) is 0 Å². The molecule has 1 atom stereocenters. The molecule has 21 heavy (non-hydrogen) atoms. The van der Waals surface area contributed by atoms with Crippen molar-refractivity contribution in [2.24, 2.45) is 0 Å². The van der Waals surface area contributed by atoms with Crippen LogP contribution in [0.3, 0.4) is 0 Å². The van der Waals surface area contributed by atoms with E-state index in [9.17, 15) is 9.90 Å². The van der Waals surface area contributed by atoms with Crippen LogP contribution in [0.4, 0.5) is 11.4 Å². The molecule has 0 radical (unpaired) electrons. The lowest BCUT2D eigenvalue weighted by atomic mass is 10.2. The Hall–Kier alpha value is -1.34. The highest BCUT2D eigenvalue weighted by Crippen LogP contribution is 2.24. The Bertz CT molecular complexity index is 498. The number of hydrogen-bond acceptors (Lipinski definition) is 5. The number of nitrogens with two attached hydrogens (primary N) is 1. The Morgan fingerprint density at radius 2 is 2.38 bits per heavy atom. The van der Waals surface area contributed by atoms with Gasteiger partial charge in [0.15, 0.2) is 0 Å². The van der Waals surface area contributed by atoms with Crippen molar-refractivity contribution in [2.45, 2.75) is 12.5 Å². The summed E-state index contributed by atoms with van der Waals surface area (Å²) < 4.78 is 5.30. The topological polar surface area (TPSA) is 87.8 Å². The van der Waals surface area contributed by atoms with Gasteiger partial charge in [-0.05, 0) is 18.2 Å². The average molecular weight is 314 g/mol. The van der Waals surface area contributed by atoms with Gasteiger partial charge in [0.05, 0.1) is 36.6 Å². The number of halogens is 1. The van der Waals surface area contributed by atoms with E-state index in [-0.39, 0.29) is 18.6 Å². The molecule has 1 aliphatic rings. The van der Waals surface area contributed by atoms with E-state index >= 15 is 0 Å². The molecule has 1 amide bonds. The number of nitrogens with zero attached hydrogens (tertiary/aromatic N) is 1. The van der Waals surface area contributed by atoms with Crippen molar-refractivity contribution in [3.05, 3.63) is 23.2 Å². The molecule has 0 spiro atoms. The van der Waals surface area contributed by atoms with Crippen molar-refractivity contribution in [3.8, 4) is 0 Å². The highest BCUT2D eigenvalue weighted by Gasteiger charge is 2.22. The van der Waals surface area contributed by atoms with Gasteiger partial charge in [0, 0.05) is 25.2 Å². The third-order valence-electron chi connectivity index (χ3n) is 3.45. The number of nitrogens with one attached hydrogen (secondary N) is 1. The van der Waals surface area contributed by atoms with E-state index in [0.717, 1.165) is 6.54 Å². The quantitative estimate of drug-likeness (QED) is 0.704. The number of morpholine rings is 1. The molecule has 1 saturated heterocycles. The zero-order valence-electron chi connectivity index (χ0n) is 11.7. The second-order valence-electron chi connectivity index (χ2n) is 4.98. The number of aliphatic hydroxyl groups is 1. The molecule has 1 unspecified atom stereocenters. The third kappa shape index (κ3) is 4.57. The summed E-state index contributed by atoms with van der Waals surface area (Å²) in [7, 11) is 0. The van der Waals surface area contributed by atoms with Crippen molar-refractivity contribution in [1.82, 2.24) is 4.90 Å². The van der Waals surface area contributed by atoms with Crippen LogP contribution in [0.5, 0.6) is 0 Å². The first-order valence-electron chi connectivity index (χ1n) is 6.87. The van der Waals surface area contributed by atoms with E-state index in [2.05, 4.69) is 10.2 Å². The maximum Gasteiger partial charge on any atom is 0.225 e. The number of aliphatic hydroxyl groups excluding tert-OH is 1. The smallest absolute Gasteiger partial charge is 0.225 e. The first-order valence-corrected chi connectivity index (χ1v) is 7.25. The first-order chi connectivity index (χ1) is 10.1. The van der Waals surface area contributed by atoms with Crippen molar-refractivity contribution in [1.29, 1.82) is 0 Å². The molecule has 116 valence electrons. The van der Waals surface area contributed by atoms with Crippen LogP contribution in [0.2, 0.25) is 5.02 Å². The van der Waals surface area contributed by atoms with Gasteiger partial charge in [0.2, 0.25) is 5.91 Å². The highest BCUT2D eigenvalue weighted by atomic mass is 35.5. The summed E-state index contributed by atoms with van der Waals surface area (Å²) in [4.78, 5) is 14.0. The minimum absolute atomic E-state index is 0.0331. The van der Waals surface area contributed by atoms with Crippen molar-refractivity contribution in [3.63, 3.8) is 0 Å². The van der Waals surface area contributed by atoms with Gasteiger partial charge in [-0.15, -0.1) is 0 Å². The Kier molecular flexibility index (Phi) is 5.81. The van der Waals surface area contributed by atoms with Crippen LogP contribution >= 0.6 is 11.6 Å². The fourth-order valence-corrected chi connectivity index (χ4v) is 2.48. The molecular weight excluding hydrogens is 294 g/mol. The predicted octanol–water partition coefficient (Wildman–Crippen LogP) is 0.944. The monoisotopic (exact) mass is 313 g/mol. The Morgan fingerprint density at radius 3 is 3.10 bits per heavy atom. The van der Waals surface area contributed by atoms with E-state index in [4.69, 9.17) is 22.1 Å². The van der Waals surface area contributed by atoms with Gasteiger partial charge in [-0.25, -0.2) is 0 Å². The number of carbonyl (C=O) groups is 1. The van der Waals surface area contributed by atoms with Crippen LogP contribution < -0.4 is 11.1 Å². The van der Waals surface area contributed by atoms with Crippen molar-refractivity contribution < 1.29 is 14.6 Å². The molecule has 1 aromatic rings. The molecule has 1 heterocycles. The lowest BCUT2D eigenvalue weighted by Gasteiger charge is -2.34. The molecule has 1 aliphatic heterocycles. The van der Waals surface area contributed by atoms with Gasteiger partial charge < -0.3 is 20.9 Å². The van der Waals surface area contributed by atoms with E-state index in [0.29, 0.717) is 42.6 Å². The molecular formula is C14H20ClN3O3. The van der Waals surface area contributed by atoms with Crippen molar-refractivity contribution >= 4 is 28.9 Å². The maximum absolute atomic E-state index is 12.0. The molecule has 2 rings (SSSR count). The van der Waals surface area contributed by atoms with Crippen LogP contribution in [-0.2, 0) is 9.53 Å². The van der Waals surface area contributed by atoms with Gasteiger partial charge in [-0.2, -0.15) is 0 Å². The largest absolute Gasteiger partial charge is 0.399 e. The predicted molar refractivity (Wildman–Crippen MR) is 82.4 cm³/mol. The number of nitrogen functional groups attached to an aromatic ring is 1. The Morgan fingerprint density at radius 1 is 1.57 bits per heavy atom. The number of ether oxygens (including phenoxy) is 1. The zero-order valence-corrected chi connectivity index (χ0v) is 12.5. The molecule has 0 bridgehead atoms. The zero-order chi connectivity index (χ0) is 15.2. The summed E-state index contributed by atoms with van der Waals surface area (Å²) in [5.74, 6) is -0.121. The van der Waals surface area contributed by atoms with Gasteiger partial charge in [0.25, 0.3) is 0 Å². The minimum atomic E-state index is -0.121. The first kappa shape index (κ1) is 16.0. The second-order valence-corrected chi connectivity index (χ2v) is 5.39. The van der Waals surface area contributed by atoms with Gasteiger partial charge >= 0.3 is 0 Å². The van der Waals surface area contributed by atoms with Gasteiger partial charge in [-0.3, -0.25) is 9.69 Å². The normalized spacial score (nSPS) is 19.4. The molecule has 1 fully saturated rings. The summed E-state index contributed by atoms with van der Waals surface area (Å²) in [6.45, 7) is 2.46. The molecule has 0 aliphatic carbocycles.